The SMILES string of the molecule is [2H]CN(C[2H])CCCC[C@H](NC1CCC2(CC1)CCN(Cc1ccccc1)C2)C(=O)N1CCN(C(=O)Oc2ccccc2Cl)C[C@H]1C(=O)NCc1cccs1. The fourth-order valence-electron chi connectivity index (χ4n) is 8.08. The lowest BCUT2D eigenvalue weighted by molar-refractivity contribution is -0.145. The molecule has 12 heteroatoms. The quantitative estimate of drug-likeness (QED) is 0.187. The molecule has 1 saturated carbocycles. The van der Waals surface area contributed by atoms with Gasteiger partial charge in [0.2, 0.25) is 11.8 Å². The molecule has 3 aliphatic rings. The molecule has 1 aliphatic carbocycles. The van der Waals surface area contributed by atoms with Gasteiger partial charge in [0.05, 0.1) is 24.2 Å². The number of benzene rings is 2. The zero-order chi connectivity index (χ0) is 38.6. The summed E-state index contributed by atoms with van der Waals surface area (Å²) in [6.07, 6.45) is 6.85. The molecule has 1 aromatic heterocycles. The van der Waals surface area contributed by atoms with E-state index in [1.807, 2.05) is 17.5 Å². The number of hydrogen-bond acceptors (Lipinski definition) is 8. The molecule has 2 aromatic carbocycles. The van der Waals surface area contributed by atoms with Crippen LogP contribution in [0.25, 0.3) is 0 Å². The summed E-state index contributed by atoms with van der Waals surface area (Å²) in [7, 11) is 0.143. The van der Waals surface area contributed by atoms with E-state index in [9.17, 15) is 14.4 Å². The predicted molar refractivity (Wildman–Crippen MR) is 211 cm³/mol. The minimum Gasteiger partial charge on any atom is -0.409 e. The summed E-state index contributed by atoms with van der Waals surface area (Å²) in [6.45, 7) is 4.53. The number of rotatable bonds is 14. The Labute approximate surface area is 326 Å². The maximum absolute atomic E-state index is 14.7. The lowest BCUT2D eigenvalue weighted by Gasteiger charge is -2.43. The minimum absolute atomic E-state index is 0.00852. The third kappa shape index (κ3) is 10.8. The molecular formula is C41H55ClN6O4S. The lowest BCUT2D eigenvalue weighted by atomic mass is 9.72. The van der Waals surface area contributed by atoms with Gasteiger partial charge in [-0.05, 0) is 107 Å². The van der Waals surface area contributed by atoms with E-state index in [1.54, 1.807) is 45.4 Å². The van der Waals surface area contributed by atoms with Crippen LogP contribution in [0.3, 0.4) is 0 Å². The number of halogens is 1. The molecule has 2 aliphatic heterocycles. The van der Waals surface area contributed by atoms with Gasteiger partial charge in [0.25, 0.3) is 0 Å². The van der Waals surface area contributed by atoms with Crippen LogP contribution in [-0.2, 0) is 22.7 Å². The topological polar surface area (TPSA) is 97.5 Å². The normalized spacial score (nSPS) is 23.1. The van der Waals surface area contributed by atoms with Gasteiger partial charge in [-0.1, -0.05) is 66.6 Å². The molecule has 53 heavy (non-hydrogen) atoms. The largest absolute Gasteiger partial charge is 0.415 e. The zero-order valence-electron chi connectivity index (χ0n) is 32.6. The van der Waals surface area contributed by atoms with E-state index >= 15 is 0 Å². The van der Waals surface area contributed by atoms with E-state index in [0.29, 0.717) is 29.9 Å². The molecule has 10 nitrogen and oxygen atoms in total. The van der Waals surface area contributed by atoms with Crippen molar-refractivity contribution in [3.8, 4) is 5.75 Å². The highest BCUT2D eigenvalue weighted by Gasteiger charge is 2.43. The van der Waals surface area contributed by atoms with E-state index in [4.69, 9.17) is 19.1 Å². The standard InChI is InChI=1S/C41H55ClN6O4S/c1-45(2)22-9-8-15-35(44-32-17-19-41(20-18-32)21-23-46(30-41)28-31-11-4-3-5-12-31)39(50)48-25-24-47(40(51)52-37-16-7-6-14-34(37)42)29-36(48)38(49)43-27-33-13-10-26-53-33/h3-7,10-14,16,26,32,35-36,44H,8-9,15,17-25,27-30H2,1-2H3,(H,43,49)/t32?,35-,36-,41?/m0/s1/i1D,2D. The average Bonchev–Trinajstić information content (AvgIpc) is 3.88. The first kappa shape index (κ1) is 36.5. The summed E-state index contributed by atoms with van der Waals surface area (Å²) >= 11 is 7.81. The van der Waals surface area contributed by atoms with Gasteiger partial charge in [0.1, 0.15) is 6.04 Å². The van der Waals surface area contributed by atoms with Crippen LogP contribution >= 0.6 is 22.9 Å². The van der Waals surface area contributed by atoms with Gasteiger partial charge in [-0.15, -0.1) is 11.3 Å². The van der Waals surface area contributed by atoms with Crippen LogP contribution in [0.4, 0.5) is 4.79 Å². The number of para-hydroxylation sites is 1. The summed E-state index contributed by atoms with van der Waals surface area (Å²) < 4.78 is 21.0. The van der Waals surface area contributed by atoms with Crippen molar-refractivity contribution in [1.29, 1.82) is 0 Å². The Morgan fingerprint density at radius 3 is 2.55 bits per heavy atom. The van der Waals surface area contributed by atoms with Crippen molar-refractivity contribution in [3.05, 3.63) is 87.6 Å². The highest BCUT2D eigenvalue weighted by Crippen LogP contribution is 2.44. The molecule has 0 unspecified atom stereocenters. The second kappa shape index (κ2) is 18.7. The zero-order valence-corrected chi connectivity index (χ0v) is 32.2. The fraction of sp³-hybridized carbons (Fsp3) is 0.537. The predicted octanol–water partition coefficient (Wildman–Crippen LogP) is 6.25. The third-order valence-electron chi connectivity index (χ3n) is 11.0. The van der Waals surface area contributed by atoms with Crippen LogP contribution in [0, 0.1) is 5.41 Å². The molecule has 2 saturated heterocycles. The van der Waals surface area contributed by atoms with Crippen LogP contribution in [0.15, 0.2) is 72.1 Å². The first-order chi connectivity index (χ1) is 26.8. The summed E-state index contributed by atoms with van der Waals surface area (Å²) in [6, 6.07) is 20.1. The number of ether oxygens (including phenoxy) is 1. The van der Waals surface area contributed by atoms with Crippen LogP contribution < -0.4 is 15.4 Å². The highest BCUT2D eigenvalue weighted by molar-refractivity contribution is 7.09. The number of likely N-dealkylation sites (tertiary alicyclic amines) is 1. The van der Waals surface area contributed by atoms with Crippen LogP contribution in [0.1, 0.15) is 64.5 Å². The van der Waals surface area contributed by atoms with Gasteiger partial charge >= 0.3 is 6.09 Å². The third-order valence-corrected chi connectivity index (χ3v) is 12.2. The summed E-state index contributed by atoms with van der Waals surface area (Å²) in [4.78, 5) is 50.4. The molecule has 2 N–H and O–H groups in total. The molecule has 3 heterocycles. The molecule has 6 rings (SSSR count). The number of nitrogens with one attached hydrogen (secondary N) is 2. The van der Waals surface area contributed by atoms with Gasteiger partial charge in [0, 0.05) is 39.8 Å². The summed E-state index contributed by atoms with van der Waals surface area (Å²) in [5.41, 5.74) is 1.66. The van der Waals surface area contributed by atoms with E-state index in [0.717, 1.165) is 63.0 Å². The van der Waals surface area contributed by atoms with Gasteiger partial charge < -0.3 is 30.1 Å². The van der Waals surface area contributed by atoms with Gasteiger partial charge in [-0.25, -0.2) is 4.79 Å². The lowest BCUT2D eigenvalue weighted by Crippen LogP contribution is -2.64. The van der Waals surface area contributed by atoms with Crippen molar-refractivity contribution in [2.45, 2.75) is 82.6 Å². The average molecular weight is 765 g/mol. The number of hydrogen-bond donors (Lipinski definition) is 2. The molecule has 3 fully saturated rings. The monoisotopic (exact) mass is 764 g/mol. The number of thiophene rings is 1. The van der Waals surface area contributed by atoms with Crippen molar-refractivity contribution in [1.82, 2.24) is 30.2 Å². The number of carbonyl (C=O) groups is 3. The second-order valence-electron chi connectivity index (χ2n) is 14.9. The van der Waals surface area contributed by atoms with Crippen molar-refractivity contribution >= 4 is 40.8 Å². The van der Waals surface area contributed by atoms with Crippen LogP contribution in [0.5, 0.6) is 5.75 Å². The highest BCUT2D eigenvalue weighted by atomic mass is 35.5. The van der Waals surface area contributed by atoms with E-state index in [2.05, 4.69) is 45.9 Å². The first-order valence-corrected chi connectivity index (χ1v) is 20.2. The number of carbonyl (C=O) groups excluding carboxylic acids is 3. The van der Waals surface area contributed by atoms with Gasteiger partial charge in [-0.2, -0.15) is 0 Å². The number of unbranched alkanes of at least 4 members (excludes halogenated alkanes) is 1. The van der Waals surface area contributed by atoms with Crippen molar-refractivity contribution in [2.24, 2.45) is 5.41 Å². The Bertz CT molecular complexity index is 1680. The number of nitrogens with zero attached hydrogens (tertiary/aromatic N) is 4. The van der Waals surface area contributed by atoms with Crippen LogP contribution in [-0.4, -0.2) is 109 Å². The number of piperazine rings is 1. The molecule has 3 amide bonds. The number of amides is 3. The molecule has 0 radical (unpaired) electrons. The van der Waals surface area contributed by atoms with Crippen molar-refractivity contribution in [3.63, 3.8) is 0 Å². The first-order valence-electron chi connectivity index (χ1n) is 20.3. The molecule has 2 atom stereocenters. The Morgan fingerprint density at radius 1 is 1.00 bits per heavy atom. The van der Waals surface area contributed by atoms with Crippen molar-refractivity contribution in [2.75, 3.05) is 53.3 Å². The molecular weight excluding hydrogens is 708 g/mol. The molecule has 286 valence electrons. The molecule has 0 bridgehead atoms. The maximum Gasteiger partial charge on any atom is 0.415 e. The molecule has 1 spiro atoms. The fourth-order valence-corrected chi connectivity index (χ4v) is 8.90. The van der Waals surface area contributed by atoms with Crippen LogP contribution in [0.2, 0.25) is 5.02 Å². The van der Waals surface area contributed by atoms with E-state index in [-0.39, 0.29) is 57.3 Å². The van der Waals surface area contributed by atoms with Gasteiger partial charge in [-0.3, -0.25) is 14.5 Å². The van der Waals surface area contributed by atoms with Gasteiger partial charge in [0.15, 0.2) is 5.75 Å². The van der Waals surface area contributed by atoms with Crippen molar-refractivity contribution < 1.29 is 21.9 Å². The molecule has 3 aromatic rings. The maximum atomic E-state index is 14.7. The van der Waals surface area contributed by atoms with E-state index < -0.39 is 18.2 Å². The minimum atomic E-state index is -0.907. The Morgan fingerprint density at radius 2 is 1.79 bits per heavy atom. The smallest absolute Gasteiger partial charge is 0.409 e. The summed E-state index contributed by atoms with van der Waals surface area (Å²) in [5, 5.41) is 9.05. The Kier molecular flexibility index (Phi) is 12.9. The van der Waals surface area contributed by atoms with E-state index in [1.165, 1.54) is 16.9 Å². The summed E-state index contributed by atoms with van der Waals surface area (Å²) in [5.74, 6) is -0.220. The Hall–Kier alpha value is -3.48. The Balaban J connectivity index is 1.13. The second-order valence-corrected chi connectivity index (χ2v) is 16.4.